The third kappa shape index (κ3) is 2.50. The van der Waals surface area contributed by atoms with Crippen molar-refractivity contribution in [3.8, 4) is 17.2 Å². The number of benzene rings is 2. The van der Waals surface area contributed by atoms with E-state index in [-0.39, 0.29) is 11.8 Å². The van der Waals surface area contributed by atoms with Gasteiger partial charge in [-0.3, -0.25) is 0 Å². The van der Waals surface area contributed by atoms with E-state index < -0.39 is 0 Å². The Morgan fingerprint density at radius 3 is 3.05 bits per heavy atom. The molecule has 0 amide bonds. The van der Waals surface area contributed by atoms with E-state index in [1.165, 1.54) is 0 Å². The van der Waals surface area contributed by atoms with Crippen molar-refractivity contribution in [1.82, 2.24) is 0 Å². The lowest BCUT2D eigenvalue weighted by molar-refractivity contribution is 0.336. The maximum Gasteiger partial charge on any atom is 0.128 e. The van der Waals surface area contributed by atoms with Crippen molar-refractivity contribution in [3.63, 3.8) is 0 Å². The van der Waals surface area contributed by atoms with Crippen molar-refractivity contribution in [2.75, 3.05) is 18.5 Å². The van der Waals surface area contributed by atoms with Gasteiger partial charge in [0.15, 0.2) is 0 Å². The minimum absolute atomic E-state index is 0.0856. The van der Waals surface area contributed by atoms with Gasteiger partial charge in [-0.25, -0.2) is 0 Å². The summed E-state index contributed by atoms with van der Waals surface area (Å²) in [5, 5.41) is 12.9. The van der Waals surface area contributed by atoms with Gasteiger partial charge < -0.3 is 19.9 Å². The Balaban J connectivity index is 1.78. The molecule has 2 N–H and O–H groups in total. The summed E-state index contributed by atoms with van der Waals surface area (Å²) in [6.07, 6.45) is 0. The van der Waals surface area contributed by atoms with Gasteiger partial charge >= 0.3 is 0 Å². The Kier molecular flexibility index (Phi) is 3.37. The zero-order chi connectivity index (χ0) is 13.9. The van der Waals surface area contributed by atoms with Crippen LogP contribution in [0.2, 0.25) is 0 Å². The highest BCUT2D eigenvalue weighted by molar-refractivity contribution is 5.53. The van der Waals surface area contributed by atoms with Crippen molar-refractivity contribution in [2.24, 2.45) is 0 Å². The van der Waals surface area contributed by atoms with Crippen LogP contribution in [-0.4, -0.2) is 18.3 Å². The first-order valence-corrected chi connectivity index (χ1v) is 6.71. The number of aromatic hydroxyl groups is 1. The number of fused-ring (bicyclic) bond motifs is 1. The number of ether oxygens (including phenoxy) is 2. The van der Waals surface area contributed by atoms with E-state index in [0.717, 1.165) is 22.7 Å². The standard InChI is InChI=1S/C16H17NO3/c1-2-19-13-5-3-4-11(8-13)17-15-10-20-16-9-12(18)6-7-14(15)16/h3-9,15,17-18H,2,10H2,1H3. The molecule has 0 bridgehead atoms. The average molecular weight is 271 g/mol. The zero-order valence-electron chi connectivity index (χ0n) is 11.3. The van der Waals surface area contributed by atoms with Crippen molar-refractivity contribution in [3.05, 3.63) is 48.0 Å². The molecule has 0 fully saturated rings. The Bertz CT molecular complexity index is 612. The third-order valence-electron chi connectivity index (χ3n) is 3.26. The van der Waals surface area contributed by atoms with E-state index in [0.29, 0.717) is 13.2 Å². The zero-order valence-corrected chi connectivity index (χ0v) is 11.3. The molecule has 3 rings (SSSR count). The number of nitrogens with one attached hydrogen (secondary N) is 1. The fourth-order valence-electron chi connectivity index (χ4n) is 2.36. The van der Waals surface area contributed by atoms with Crippen LogP contribution in [-0.2, 0) is 0 Å². The summed E-state index contributed by atoms with van der Waals surface area (Å²) in [4.78, 5) is 0. The Morgan fingerprint density at radius 2 is 2.20 bits per heavy atom. The fourth-order valence-corrected chi connectivity index (χ4v) is 2.36. The topological polar surface area (TPSA) is 50.7 Å². The molecule has 1 heterocycles. The highest BCUT2D eigenvalue weighted by Gasteiger charge is 2.24. The second-order valence-corrected chi connectivity index (χ2v) is 4.69. The Labute approximate surface area is 118 Å². The van der Waals surface area contributed by atoms with Gasteiger partial charge in [0.1, 0.15) is 23.9 Å². The molecule has 1 aliphatic heterocycles. The summed E-state index contributed by atoms with van der Waals surface area (Å²) >= 11 is 0. The summed E-state index contributed by atoms with van der Waals surface area (Å²) in [6.45, 7) is 3.17. The summed E-state index contributed by atoms with van der Waals surface area (Å²) in [6, 6.07) is 13.2. The summed E-state index contributed by atoms with van der Waals surface area (Å²) in [5.74, 6) is 1.81. The highest BCUT2D eigenvalue weighted by atomic mass is 16.5. The molecule has 0 spiro atoms. The van der Waals surface area contributed by atoms with Crippen LogP contribution in [0, 0.1) is 0 Å². The fraction of sp³-hybridized carbons (Fsp3) is 0.250. The minimum atomic E-state index is 0.0856. The van der Waals surface area contributed by atoms with Gasteiger partial charge in [-0.15, -0.1) is 0 Å². The maximum atomic E-state index is 9.45. The predicted octanol–water partition coefficient (Wildman–Crippen LogP) is 3.34. The third-order valence-corrected chi connectivity index (χ3v) is 3.26. The van der Waals surface area contributed by atoms with E-state index >= 15 is 0 Å². The summed E-state index contributed by atoms with van der Waals surface area (Å²) in [5.41, 5.74) is 2.05. The van der Waals surface area contributed by atoms with Gasteiger partial charge in [0, 0.05) is 23.4 Å². The van der Waals surface area contributed by atoms with E-state index in [4.69, 9.17) is 9.47 Å². The number of anilines is 1. The maximum absolute atomic E-state index is 9.45. The molecular formula is C16H17NO3. The lowest BCUT2D eigenvalue weighted by Gasteiger charge is -2.14. The molecule has 0 saturated heterocycles. The van der Waals surface area contributed by atoms with Crippen molar-refractivity contribution in [2.45, 2.75) is 13.0 Å². The monoisotopic (exact) mass is 271 g/mol. The van der Waals surface area contributed by atoms with E-state index in [9.17, 15) is 5.11 Å². The van der Waals surface area contributed by atoms with Gasteiger partial charge in [-0.1, -0.05) is 6.07 Å². The lowest BCUT2D eigenvalue weighted by Crippen LogP contribution is -2.11. The molecule has 4 nitrogen and oxygen atoms in total. The van der Waals surface area contributed by atoms with Crippen molar-refractivity contribution >= 4 is 5.69 Å². The first kappa shape index (κ1) is 12.7. The largest absolute Gasteiger partial charge is 0.508 e. The van der Waals surface area contributed by atoms with Crippen molar-refractivity contribution in [1.29, 1.82) is 0 Å². The molecule has 20 heavy (non-hydrogen) atoms. The quantitative estimate of drug-likeness (QED) is 0.895. The van der Waals surface area contributed by atoms with Crippen LogP contribution >= 0.6 is 0 Å². The van der Waals surface area contributed by atoms with Crippen LogP contribution in [0.5, 0.6) is 17.2 Å². The van der Waals surface area contributed by atoms with Gasteiger partial charge in [0.25, 0.3) is 0 Å². The van der Waals surface area contributed by atoms with Crippen LogP contribution in [0.25, 0.3) is 0 Å². The molecule has 0 aromatic heterocycles. The molecule has 1 aliphatic rings. The molecule has 1 atom stereocenters. The molecule has 4 heteroatoms. The Hall–Kier alpha value is -2.36. The number of phenols is 1. The molecule has 0 saturated carbocycles. The molecule has 104 valence electrons. The van der Waals surface area contributed by atoms with Crippen LogP contribution < -0.4 is 14.8 Å². The number of phenolic OH excluding ortho intramolecular Hbond substituents is 1. The van der Waals surface area contributed by atoms with Gasteiger partial charge in [0.05, 0.1) is 12.6 Å². The first-order chi connectivity index (χ1) is 9.76. The number of rotatable bonds is 4. The number of hydrogen-bond acceptors (Lipinski definition) is 4. The van der Waals surface area contributed by atoms with Gasteiger partial charge in [0.2, 0.25) is 0 Å². The van der Waals surface area contributed by atoms with Gasteiger partial charge in [-0.05, 0) is 31.2 Å². The van der Waals surface area contributed by atoms with Crippen molar-refractivity contribution < 1.29 is 14.6 Å². The highest BCUT2D eigenvalue weighted by Crippen LogP contribution is 2.37. The number of hydrogen-bond donors (Lipinski definition) is 2. The molecule has 1 unspecified atom stereocenters. The van der Waals surface area contributed by atoms with E-state index in [2.05, 4.69) is 5.32 Å². The lowest BCUT2D eigenvalue weighted by atomic mass is 10.1. The normalized spacial score (nSPS) is 16.4. The average Bonchev–Trinajstić information content (AvgIpc) is 2.82. The smallest absolute Gasteiger partial charge is 0.128 e. The van der Waals surface area contributed by atoms with Crippen LogP contribution in [0.15, 0.2) is 42.5 Å². The molecule has 0 radical (unpaired) electrons. The Morgan fingerprint density at radius 1 is 1.30 bits per heavy atom. The van der Waals surface area contributed by atoms with Gasteiger partial charge in [-0.2, -0.15) is 0 Å². The SMILES string of the molecule is CCOc1cccc(NC2COc3cc(O)ccc32)c1. The van der Waals surface area contributed by atoms with Crippen LogP contribution in [0.4, 0.5) is 5.69 Å². The summed E-state index contributed by atoms with van der Waals surface area (Å²) in [7, 11) is 0. The second kappa shape index (κ2) is 5.33. The molecule has 0 aliphatic carbocycles. The second-order valence-electron chi connectivity index (χ2n) is 4.69. The first-order valence-electron chi connectivity index (χ1n) is 6.71. The minimum Gasteiger partial charge on any atom is -0.508 e. The van der Waals surface area contributed by atoms with E-state index in [1.54, 1.807) is 12.1 Å². The molecule has 2 aromatic rings. The predicted molar refractivity (Wildman–Crippen MR) is 77.6 cm³/mol. The van der Waals surface area contributed by atoms with E-state index in [1.807, 2.05) is 37.3 Å². The van der Waals surface area contributed by atoms with Crippen LogP contribution in [0.3, 0.4) is 0 Å². The summed E-state index contributed by atoms with van der Waals surface area (Å²) < 4.78 is 11.1. The molecule has 2 aromatic carbocycles. The van der Waals surface area contributed by atoms with Crippen LogP contribution in [0.1, 0.15) is 18.5 Å². The molecular weight excluding hydrogens is 254 g/mol.